The molecule has 1 heterocycles. The Balaban J connectivity index is 1.67. The van der Waals surface area contributed by atoms with Crippen LogP contribution in [0.25, 0.3) is 22.1 Å². The van der Waals surface area contributed by atoms with Crippen molar-refractivity contribution in [3.63, 3.8) is 0 Å². The summed E-state index contributed by atoms with van der Waals surface area (Å²) in [6, 6.07) is 13.3. The van der Waals surface area contributed by atoms with Gasteiger partial charge in [0.1, 0.15) is 17.4 Å². The van der Waals surface area contributed by atoms with Gasteiger partial charge in [0, 0.05) is 17.0 Å². The van der Waals surface area contributed by atoms with Crippen molar-refractivity contribution >= 4 is 28.8 Å². The Kier molecular flexibility index (Phi) is 7.68. The summed E-state index contributed by atoms with van der Waals surface area (Å²) in [6.45, 7) is 4.29. The third-order valence-corrected chi connectivity index (χ3v) is 5.25. The molecule has 9 heteroatoms. The fourth-order valence-corrected chi connectivity index (χ4v) is 3.47. The third kappa shape index (κ3) is 5.80. The van der Waals surface area contributed by atoms with Gasteiger partial charge in [0.15, 0.2) is 6.61 Å². The zero-order valence-corrected chi connectivity index (χ0v) is 19.1. The maximum absolute atomic E-state index is 12.2. The number of hydrogen-bond donors (Lipinski definition) is 3. The monoisotopic (exact) mass is 466 g/mol. The molecule has 1 atom stereocenters. The van der Waals surface area contributed by atoms with Crippen LogP contribution in [0.2, 0.25) is 0 Å². The van der Waals surface area contributed by atoms with E-state index in [1.54, 1.807) is 32.9 Å². The lowest BCUT2D eigenvalue weighted by molar-refractivity contribution is -0.143. The van der Waals surface area contributed by atoms with Crippen molar-refractivity contribution in [1.29, 1.82) is 0 Å². The van der Waals surface area contributed by atoms with E-state index in [4.69, 9.17) is 14.3 Å². The van der Waals surface area contributed by atoms with E-state index in [0.29, 0.717) is 16.9 Å². The van der Waals surface area contributed by atoms with Gasteiger partial charge < -0.3 is 24.9 Å². The Hall–Kier alpha value is -4.14. The van der Waals surface area contributed by atoms with Crippen LogP contribution >= 0.6 is 0 Å². The van der Waals surface area contributed by atoms with Crippen LogP contribution < -0.4 is 21.0 Å². The summed E-state index contributed by atoms with van der Waals surface area (Å²) in [4.78, 5) is 47.4. The van der Waals surface area contributed by atoms with Gasteiger partial charge in [-0.2, -0.15) is 0 Å². The molecule has 0 aliphatic heterocycles. The van der Waals surface area contributed by atoms with Gasteiger partial charge in [-0.3, -0.25) is 9.59 Å². The number of fused-ring (bicyclic) bond motifs is 1. The van der Waals surface area contributed by atoms with E-state index in [-0.39, 0.29) is 19.1 Å². The summed E-state index contributed by atoms with van der Waals surface area (Å²) in [5, 5.41) is 14.6. The second-order valence-corrected chi connectivity index (χ2v) is 8.10. The van der Waals surface area contributed by atoms with E-state index in [1.165, 1.54) is 6.07 Å². The fraction of sp³-hybridized carbons (Fsp3) is 0.280. The number of rotatable bonds is 9. The molecule has 3 N–H and O–H groups in total. The van der Waals surface area contributed by atoms with Crippen molar-refractivity contribution in [2.24, 2.45) is 5.92 Å². The number of nitrogens with one attached hydrogen (secondary N) is 2. The van der Waals surface area contributed by atoms with Crippen molar-refractivity contribution in [3.05, 3.63) is 64.5 Å². The van der Waals surface area contributed by atoms with Crippen LogP contribution in [0, 0.1) is 12.8 Å². The van der Waals surface area contributed by atoms with Crippen molar-refractivity contribution in [2.45, 2.75) is 26.8 Å². The minimum atomic E-state index is -1.15. The number of ether oxygens (including phenoxy) is 1. The number of hydrogen-bond acceptors (Lipinski definition) is 6. The number of aryl methyl sites for hydroxylation is 1. The summed E-state index contributed by atoms with van der Waals surface area (Å²) >= 11 is 0. The van der Waals surface area contributed by atoms with Crippen LogP contribution in [0.4, 0.5) is 0 Å². The van der Waals surface area contributed by atoms with Gasteiger partial charge in [-0.15, -0.1) is 0 Å². The number of carboxylic acids is 1. The zero-order valence-electron chi connectivity index (χ0n) is 19.1. The van der Waals surface area contributed by atoms with Crippen LogP contribution in [-0.2, 0) is 14.4 Å². The molecule has 0 saturated heterocycles. The van der Waals surface area contributed by atoms with Crippen molar-refractivity contribution < 1.29 is 28.6 Å². The van der Waals surface area contributed by atoms with Gasteiger partial charge in [0.25, 0.3) is 5.91 Å². The highest BCUT2D eigenvalue weighted by Crippen LogP contribution is 2.32. The van der Waals surface area contributed by atoms with Gasteiger partial charge >= 0.3 is 11.6 Å². The Bertz CT molecular complexity index is 1270. The number of carboxylic acid groups (broad SMARTS) is 1. The number of amides is 2. The number of benzene rings is 2. The first-order chi connectivity index (χ1) is 16.2. The molecule has 0 saturated carbocycles. The molecule has 0 spiro atoms. The molecule has 2 amide bonds. The molecule has 3 aromatic rings. The summed E-state index contributed by atoms with van der Waals surface area (Å²) in [5.74, 6) is -2.28. The molecule has 0 fully saturated rings. The van der Waals surface area contributed by atoms with Crippen molar-refractivity contribution in [1.82, 2.24) is 10.6 Å². The first-order valence-corrected chi connectivity index (χ1v) is 10.7. The van der Waals surface area contributed by atoms with Gasteiger partial charge in [-0.25, -0.2) is 9.59 Å². The number of carbonyl (C=O) groups excluding carboxylic acids is 2. The maximum atomic E-state index is 12.2. The lowest BCUT2D eigenvalue weighted by Gasteiger charge is -2.18. The molecule has 2 aromatic carbocycles. The lowest BCUT2D eigenvalue weighted by atomic mass is 10.0. The summed E-state index contributed by atoms with van der Waals surface area (Å²) in [7, 11) is 0. The van der Waals surface area contributed by atoms with E-state index >= 15 is 0 Å². The summed E-state index contributed by atoms with van der Waals surface area (Å²) in [6.07, 6.45) is 0. The van der Waals surface area contributed by atoms with Gasteiger partial charge in [-0.05, 0) is 36.1 Å². The van der Waals surface area contributed by atoms with E-state index in [1.807, 2.05) is 30.3 Å². The third-order valence-electron chi connectivity index (χ3n) is 5.25. The standard InChI is InChI=1S/C25H26N2O7/c1-14(2)23(25(31)32)27-20(28)12-26-21(29)13-33-19-10-9-17-18(16-7-5-4-6-8-16)11-22(30)34-24(17)15(19)3/h4-11,14,23H,12-13H2,1-3H3,(H,26,29)(H,27,28)(H,31,32). The normalized spacial score (nSPS) is 11.8. The second kappa shape index (κ2) is 10.7. The second-order valence-electron chi connectivity index (χ2n) is 8.10. The minimum Gasteiger partial charge on any atom is -0.483 e. The van der Waals surface area contributed by atoms with E-state index < -0.39 is 29.5 Å². The van der Waals surface area contributed by atoms with E-state index in [0.717, 1.165) is 16.5 Å². The molecule has 34 heavy (non-hydrogen) atoms. The predicted molar refractivity (Wildman–Crippen MR) is 126 cm³/mol. The smallest absolute Gasteiger partial charge is 0.336 e. The van der Waals surface area contributed by atoms with Crippen LogP contribution in [0.5, 0.6) is 5.75 Å². The molecular formula is C25H26N2O7. The number of aliphatic carboxylic acids is 1. The van der Waals surface area contributed by atoms with Gasteiger partial charge in [0.05, 0.1) is 6.54 Å². The Labute approximate surface area is 195 Å². The minimum absolute atomic E-state index is 0.307. The molecule has 0 aliphatic rings. The lowest BCUT2D eigenvalue weighted by Crippen LogP contribution is -2.48. The van der Waals surface area contributed by atoms with Gasteiger partial charge in [0.2, 0.25) is 5.91 Å². The molecule has 0 bridgehead atoms. The maximum Gasteiger partial charge on any atom is 0.336 e. The van der Waals surface area contributed by atoms with Crippen LogP contribution in [0.15, 0.2) is 57.7 Å². The van der Waals surface area contributed by atoms with Crippen LogP contribution in [-0.4, -0.2) is 42.1 Å². The highest BCUT2D eigenvalue weighted by Gasteiger charge is 2.23. The highest BCUT2D eigenvalue weighted by atomic mass is 16.5. The molecule has 0 aliphatic carbocycles. The van der Waals surface area contributed by atoms with Crippen molar-refractivity contribution in [3.8, 4) is 16.9 Å². The molecular weight excluding hydrogens is 440 g/mol. The summed E-state index contributed by atoms with van der Waals surface area (Å²) in [5.41, 5.74) is 2.01. The fourth-order valence-electron chi connectivity index (χ4n) is 3.47. The van der Waals surface area contributed by atoms with E-state index in [9.17, 15) is 19.2 Å². The van der Waals surface area contributed by atoms with E-state index in [2.05, 4.69) is 10.6 Å². The predicted octanol–water partition coefficient (Wildman–Crippen LogP) is 2.49. The largest absolute Gasteiger partial charge is 0.483 e. The highest BCUT2D eigenvalue weighted by molar-refractivity contribution is 5.95. The SMILES string of the molecule is Cc1c(OCC(=O)NCC(=O)NC(C(=O)O)C(C)C)ccc2c(-c3ccccc3)cc(=O)oc12. The van der Waals surface area contributed by atoms with Crippen LogP contribution in [0.3, 0.4) is 0 Å². The average Bonchev–Trinajstić information content (AvgIpc) is 2.80. The van der Waals surface area contributed by atoms with Gasteiger partial charge in [-0.1, -0.05) is 44.2 Å². The molecule has 178 valence electrons. The number of carbonyl (C=O) groups is 3. The molecule has 0 radical (unpaired) electrons. The Morgan fingerprint density at radius 1 is 1.06 bits per heavy atom. The molecule has 1 aromatic heterocycles. The first-order valence-electron chi connectivity index (χ1n) is 10.7. The molecule has 1 unspecified atom stereocenters. The first kappa shape index (κ1) is 24.5. The summed E-state index contributed by atoms with van der Waals surface area (Å²) < 4.78 is 11.0. The Morgan fingerprint density at radius 2 is 1.76 bits per heavy atom. The quantitative estimate of drug-likeness (QED) is 0.412. The molecule has 9 nitrogen and oxygen atoms in total. The molecule has 3 rings (SSSR count). The zero-order chi connectivity index (χ0) is 24.8. The topological polar surface area (TPSA) is 135 Å². The Morgan fingerprint density at radius 3 is 2.41 bits per heavy atom. The average molecular weight is 466 g/mol. The van der Waals surface area contributed by atoms with Crippen molar-refractivity contribution in [2.75, 3.05) is 13.2 Å². The van der Waals surface area contributed by atoms with Crippen LogP contribution in [0.1, 0.15) is 19.4 Å².